The zero-order chi connectivity index (χ0) is 14.7. The van der Waals surface area contributed by atoms with Crippen LogP contribution in [0.4, 0.5) is 0 Å². The van der Waals surface area contributed by atoms with E-state index < -0.39 is 0 Å². The molecule has 2 N–H and O–H groups in total. The van der Waals surface area contributed by atoms with E-state index in [1.165, 1.54) is 67.6 Å². The summed E-state index contributed by atoms with van der Waals surface area (Å²) in [4.78, 5) is 0. The fourth-order valence-electron chi connectivity index (χ4n) is 4.04. The predicted octanol–water partition coefficient (Wildman–Crippen LogP) is 5.11. The van der Waals surface area contributed by atoms with Crippen molar-refractivity contribution in [3.05, 3.63) is 34.3 Å². The Morgan fingerprint density at radius 1 is 1.14 bits per heavy atom. The van der Waals surface area contributed by atoms with Crippen LogP contribution in [0.5, 0.6) is 0 Å². The summed E-state index contributed by atoms with van der Waals surface area (Å²) < 4.78 is 0. The largest absolute Gasteiger partial charge is 0.330 e. The van der Waals surface area contributed by atoms with Gasteiger partial charge in [-0.3, -0.25) is 0 Å². The minimum atomic E-state index is 0.183. The van der Waals surface area contributed by atoms with E-state index in [4.69, 9.17) is 17.3 Å². The van der Waals surface area contributed by atoms with Gasteiger partial charge in [-0.1, -0.05) is 43.0 Å². The van der Waals surface area contributed by atoms with Crippen LogP contribution in [0.1, 0.15) is 62.0 Å². The second-order valence-corrected chi connectivity index (χ2v) is 8.30. The third kappa shape index (κ3) is 3.28. The first-order chi connectivity index (χ1) is 10.2. The highest BCUT2D eigenvalue weighted by Crippen LogP contribution is 2.42. The van der Waals surface area contributed by atoms with Crippen molar-refractivity contribution in [2.75, 3.05) is 18.1 Å². The molecule has 0 bridgehead atoms. The Morgan fingerprint density at radius 2 is 1.86 bits per heavy atom. The number of halogens is 1. The maximum Gasteiger partial charge on any atom is 0.0443 e. The van der Waals surface area contributed by atoms with E-state index in [-0.39, 0.29) is 5.41 Å². The molecule has 116 valence electrons. The van der Waals surface area contributed by atoms with E-state index in [1.54, 1.807) is 0 Å². The van der Waals surface area contributed by atoms with Gasteiger partial charge in [-0.15, -0.1) is 0 Å². The first-order valence-electron chi connectivity index (χ1n) is 8.33. The molecule has 3 rings (SSSR count). The Balaban J connectivity index is 1.85. The summed E-state index contributed by atoms with van der Waals surface area (Å²) in [5.41, 5.74) is 9.08. The van der Waals surface area contributed by atoms with Gasteiger partial charge in [-0.2, -0.15) is 11.8 Å². The minimum Gasteiger partial charge on any atom is -0.330 e. The van der Waals surface area contributed by atoms with E-state index >= 15 is 0 Å². The van der Waals surface area contributed by atoms with Crippen molar-refractivity contribution in [2.45, 2.75) is 56.3 Å². The minimum absolute atomic E-state index is 0.183. The second-order valence-electron chi connectivity index (χ2n) is 6.67. The Bertz CT molecular complexity index is 476. The summed E-state index contributed by atoms with van der Waals surface area (Å²) in [6.45, 7) is 0.753. The van der Waals surface area contributed by atoms with Crippen molar-refractivity contribution in [3.8, 4) is 0 Å². The molecule has 3 heteroatoms. The van der Waals surface area contributed by atoms with Gasteiger partial charge in [0.2, 0.25) is 0 Å². The summed E-state index contributed by atoms with van der Waals surface area (Å²) in [7, 11) is 0. The summed E-state index contributed by atoms with van der Waals surface area (Å²) >= 11 is 8.72. The number of nitrogens with two attached hydrogens (primary N) is 1. The molecule has 0 atom stereocenters. The topological polar surface area (TPSA) is 26.0 Å². The molecular formula is C18H26ClNS. The molecule has 1 saturated carbocycles. The highest BCUT2D eigenvalue weighted by molar-refractivity contribution is 7.99. The molecule has 0 amide bonds. The van der Waals surface area contributed by atoms with Crippen LogP contribution in [0.25, 0.3) is 0 Å². The molecule has 0 radical (unpaired) electrons. The van der Waals surface area contributed by atoms with Gasteiger partial charge in [0.15, 0.2) is 0 Å². The summed E-state index contributed by atoms with van der Waals surface area (Å²) in [6, 6.07) is 6.85. The van der Waals surface area contributed by atoms with E-state index in [2.05, 4.69) is 30.0 Å². The zero-order valence-corrected chi connectivity index (χ0v) is 14.3. The summed E-state index contributed by atoms with van der Waals surface area (Å²) in [6.07, 6.45) is 8.94. The lowest BCUT2D eigenvalue weighted by atomic mass is 9.69. The van der Waals surface area contributed by atoms with Crippen LogP contribution in [0.15, 0.2) is 18.2 Å². The van der Waals surface area contributed by atoms with Crippen molar-refractivity contribution < 1.29 is 0 Å². The van der Waals surface area contributed by atoms with Gasteiger partial charge in [0.05, 0.1) is 0 Å². The van der Waals surface area contributed by atoms with E-state index in [9.17, 15) is 0 Å². The molecule has 1 aromatic rings. The van der Waals surface area contributed by atoms with Crippen LogP contribution in [0.2, 0.25) is 5.02 Å². The number of rotatable bonds is 3. The maximum absolute atomic E-state index is 6.65. The van der Waals surface area contributed by atoms with E-state index in [0.717, 1.165) is 11.6 Å². The van der Waals surface area contributed by atoms with Gasteiger partial charge in [0.1, 0.15) is 0 Å². The van der Waals surface area contributed by atoms with Crippen molar-refractivity contribution in [1.82, 2.24) is 0 Å². The number of benzene rings is 1. The molecule has 1 saturated heterocycles. The Hall–Kier alpha value is -0.180. The smallest absolute Gasteiger partial charge is 0.0443 e. The molecule has 1 aliphatic heterocycles. The molecule has 2 fully saturated rings. The van der Waals surface area contributed by atoms with Crippen molar-refractivity contribution in [3.63, 3.8) is 0 Å². The first kappa shape index (κ1) is 15.7. The number of hydrogen-bond acceptors (Lipinski definition) is 2. The van der Waals surface area contributed by atoms with Crippen LogP contribution in [-0.4, -0.2) is 18.1 Å². The normalized spacial score (nSPS) is 23.1. The molecule has 2 aliphatic rings. The molecule has 0 spiro atoms. The molecule has 21 heavy (non-hydrogen) atoms. The summed E-state index contributed by atoms with van der Waals surface area (Å²) in [5, 5.41) is 0.975. The average molecular weight is 324 g/mol. The molecule has 1 nitrogen and oxygen atoms in total. The van der Waals surface area contributed by atoms with Crippen molar-refractivity contribution >= 4 is 23.4 Å². The van der Waals surface area contributed by atoms with Crippen LogP contribution >= 0.6 is 23.4 Å². The Labute approximate surface area is 138 Å². The van der Waals surface area contributed by atoms with Gasteiger partial charge >= 0.3 is 0 Å². The fourth-order valence-corrected chi connectivity index (χ4v) is 5.48. The standard InChI is InChI=1S/C18H26ClNS/c19-17-12-15(18(13-20)8-2-1-3-9-18)4-5-16(17)14-6-10-21-11-7-14/h4-5,12,14H,1-3,6-11,13,20H2. The maximum atomic E-state index is 6.65. The van der Waals surface area contributed by atoms with Crippen molar-refractivity contribution in [2.24, 2.45) is 5.73 Å². The predicted molar refractivity (Wildman–Crippen MR) is 94.6 cm³/mol. The van der Waals surface area contributed by atoms with Gasteiger partial charge in [0, 0.05) is 17.0 Å². The van der Waals surface area contributed by atoms with Crippen LogP contribution in [0, 0.1) is 0 Å². The molecule has 0 aromatic heterocycles. The monoisotopic (exact) mass is 323 g/mol. The lowest BCUT2D eigenvalue weighted by Gasteiger charge is -2.37. The highest BCUT2D eigenvalue weighted by Gasteiger charge is 2.33. The Kier molecular flexibility index (Phi) is 5.19. The quantitative estimate of drug-likeness (QED) is 0.836. The van der Waals surface area contributed by atoms with Crippen molar-refractivity contribution in [1.29, 1.82) is 0 Å². The molecule has 1 aromatic carbocycles. The first-order valence-corrected chi connectivity index (χ1v) is 9.86. The molecule has 1 aliphatic carbocycles. The molecular weight excluding hydrogens is 298 g/mol. The highest BCUT2D eigenvalue weighted by atomic mass is 35.5. The number of hydrogen-bond donors (Lipinski definition) is 1. The fraction of sp³-hybridized carbons (Fsp3) is 0.667. The third-order valence-electron chi connectivity index (χ3n) is 5.48. The van der Waals surface area contributed by atoms with Gasteiger partial charge in [-0.05, 0) is 60.3 Å². The lowest BCUT2D eigenvalue weighted by Crippen LogP contribution is -2.37. The van der Waals surface area contributed by atoms with Crippen LogP contribution in [-0.2, 0) is 5.41 Å². The number of thioether (sulfide) groups is 1. The van der Waals surface area contributed by atoms with Crippen LogP contribution in [0.3, 0.4) is 0 Å². The Morgan fingerprint density at radius 3 is 2.48 bits per heavy atom. The zero-order valence-electron chi connectivity index (χ0n) is 12.7. The SMILES string of the molecule is NCC1(c2ccc(C3CCSCC3)c(Cl)c2)CCCCC1. The second kappa shape index (κ2) is 6.93. The average Bonchev–Trinajstić information content (AvgIpc) is 2.56. The lowest BCUT2D eigenvalue weighted by molar-refractivity contribution is 0.301. The molecule has 0 unspecified atom stereocenters. The van der Waals surface area contributed by atoms with Gasteiger partial charge in [0.25, 0.3) is 0 Å². The third-order valence-corrected chi connectivity index (χ3v) is 6.85. The summed E-state index contributed by atoms with van der Waals surface area (Å²) in [5.74, 6) is 3.21. The van der Waals surface area contributed by atoms with Gasteiger partial charge < -0.3 is 5.73 Å². The van der Waals surface area contributed by atoms with E-state index in [0.29, 0.717) is 5.92 Å². The molecule has 1 heterocycles. The van der Waals surface area contributed by atoms with E-state index in [1.807, 2.05) is 0 Å². The van der Waals surface area contributed by atoms with Crippen LogP contribution < -0.4 is 5.73 Å². The van der Waals surface area contributed by atoms with Gasteiger partial charge in [-0.25, -0.2) is 0 Å².